The summed E-state index contributed by atoms with van der Waals surface area (Å²) in [6, 6.07) is 14.2. The Bertz CT molecular complexity index is 889. The van der Waals surface area contributed by atoms with E-state index in [4.69, 9.17) is 0 Å². The van der Waals surface area contributed by atoms with E-state index in [9.17, 15) is 9.59 Å². The molecule has 0 aromatic heterocycles. The lowest BCUT2D eigenvalue weighted by Crippen LogP contribution is -2.37. The summed E-state index contributed by atoms with van der Waals surface area (Å²) in [5, 5.41) is 5.97. The van der Waals surface area contributed by atoms with Crippen LogP contribution in [0.25, 0.3) is 0 Å². The van der Waals surface area contributed by atoms with E-state index in [-0.39, 0.29) is 11.8 Å². The molecule has 1 aliphatic carbocycles. The van der Waals surface area contributed by atoms with Crippen molar-refractivity contribution in [3.05, 3.63) is 53.6 Å². The number of rotatable bonds is 9. The van der Waals surface area contributed by atoms with Crippen LogP contribution in [0.1, 0.15) is 30.4 Å². The van der Waals surface area contributed by atoms with Crippen molar-refractivity contribution in [3.8, 4) is 0 Å². The van der Waals surface area contributed by atoms with Gasteiger partial charge in [0, 0.05) is 50.2 Å². The van der Waals surface area contributed by atoms with Crippen molar-refractivity contribution in [2.24, 2.45) is 0 Å². The molecule has 30 heavy (non-hydrogen) atoms. The number of benzene rings is 2. The third kappa shape index (κ3) is 6.32. The molecule has 0 bridgehead atoms. The molecule has 0 spiro atoms. The number of aryl methyl sites for hydroxylation is 2. The van der Waals surface area contributed by atoms with Crippen molar-refractivity contribution in [1.29, 1.82) is 0 Å². The van der Waals surface area contributed by atoms with E-state index in [0.29, 0.717) is 25.6 Å². The Morgan fingerprint density at radius 3 is 2.30 bits per heavy atom. The maximum absolute atomic E-state index is 12.6. The summed E-state index contributed by atoms with van der Waals surface area (Å²) in [5.41, 5.74) is 4.89. The van der Waals surface area contributed by atoms with E-state index in [1.165, 1.54) is 0 Å². The number of amides is 2. The van der Waals surface area contributed by atoms with Crippen LogP contribution in [-0.4, -0.2) is 49.9 Å². The molecule has 6 nitrogen and oxygen atoms in total. The van der Waals surface area contributed by atoms with Gasteiger partial charge in [-0.3, -0.25) is 14.5 Å². The second-order valence-electron chi connectivity index (χ2n) is 8.31. The second kappa shape index (κ2) is 9.76. The minimum Gasteiger partial charge on any atom is -0.378 e. The standard InChI is InChI=1S/C24H32N4O2/c1-17-5-6-18(2)22(15-17)26-24(30)16-28(21-11-12-21)14-13-23(29)25-19-7-9-20(10-8-19)27(3)4/h5-10,15,21H,11-14,16H2,1-4H3,(H,25,29)(H,26,30). The molecular formula is C24H32N4O2. The molecule has 0 radical (unpaired) electrons. The fourth-order valence-corrected chi connectivity index (χ4v) is 3.39. The fourth-order valence-electron chi connectivity index (χ4n) is 3.39. The van der Waals surface area contributed by atoms with Gasteiger partial charge in [-0.1, -0.05) is 12.1 Å². The Labute approximate surface area is 179 Å². The van der Waals surface area contributed by atoms with Gasteiger partial charge in [-0.2, -0.15) is 0 Å². The van der Waals surface area contributed by atoms with Crippen LogP contribution in [0, 0.1) is 13.8 Å². The normalized spacial score (nSPS) is 13.2. The van der Waals surface area contributed by atoms with Crippen LogP contribution in [0.2, 0.25) is 0 Å². The third-order valence-electron chi connectivity index (χ3n) is 5.37. The van der Waals surface area contributed by atoms with E-state index in [1.54, 1.807) is 0 Å². The largest absolute Gasteiger partial charge is 0.378 e. The second-order valence-corrected chi connectivity index (χ2v) is 8.31. The highest BCUT2D eigenvalue weighted by molar-refractivity contribution is 5.93. The molecule has 3 rings (SSSR count). The number of nitrogens with zero attached hydrogens (tertiary/aromatic N) is 2. The molecule has 0 heterocycles. The maximum Gasteiger partial charge on any atom is 0.238 e. The average Bonchev–Trinajstić information content (AvgIpc) is 3.53. The predicted octanol–water partition coefficient (Wildman–Crippen LogP) is 3.80. The van der Waals surface area contributed by atoms with Crippen LogP contribution >= 0.6 is 0 Å². The Kier molecular flexibility index (Phi) is 7.11. The van der Waals surface area contributed by atoms with Gasteiger partial charge in [0.05, 0.1) is 6.54 Å². The topological polar surface area (TPSA) is 64.7 Å². The summed E-state index contributed by atoms with van der Waals surface area (Å²) < 4.78 is 0. The van der Waals surface area contributed by atoms with Crippen molar-refractivity contribution in [2.75, 3.05) is 42.7 Å². The smallest absolute Gasteiger partial charge is 0.238 e. The van der Waals surface area contributed by atoms with Crippen LogP contribution in [0.15, 0.2) is 42.5 Å². The molecule has 6 heteroatoms. The first-order valence-electron chi connectivity index (χ1n) is 10.5. The Hall–Kier alpha value is -2.86. The van der Waals surface area contributed by atoms with Gasteiger partial charge >= 0.3 is 0 Å². The lowest BCUT2D eigenvalue weighted by molar-refractivity contribution is -0.119. The van der Waals surface area contributed by atoms with Crippen molar-refractivity contribution < 1.29 is 9.59 Å². The van der Waals surface area contributed by atoms with Crippen LogP contribution in [-0.2, 0) is 9.59 Å². The number of hydrogen-bond donors (Lipinski definition) is 2. The monoisotopic (exact) mass is 408 g/mol. The zero-order chi connectivity index (χ0) is 21.7. The van der Waals surface area contributed by atoms with Gasteiger partial charge < -0.3 is 15.5 Å². The lowest BCUT2D eigenvalue weighted by Gasteiger charge is -2.21. The summed E-state index contributed by atoms with van der Waals surface area (Å²) in [6.45, 7) is 4.89. The number of anilines is 3. The Balaban J connectivity index is 1.50. The van der Waals surface area contributed by atoms with Gasteiger partial charge in [0.1, 0.15) is 0 Å². The van der Waals surface area contributed by atoms with Crippen molar-refractivity contribution in [1.82, 2.24) is 4.90 Å². The predicted molar refractivity (Wildman–Crippen MR) is 123 cm³/mol. The zero-order valence-electron chi connectivity index (χ0n) is 18.4. The highest BCUT2D eigenvalue weighted by Gasteiger charge is 2.30. The van der Waals surface area contributed by atoms with Gasteiger partial charge in [-0.25, -0.2) is 0 Å². The summed E-state index contributed by atoms with van der Waals surface area (Å²) in [4.78, 5) is 29.1. The summed E-state index contributed by atoms with van der Waals surface area (Å²) >= 11 is 0. The van der Waals surface area contributed by atoms with Gasteiger partial charge in [0.15, 0.2) is 0 Å². The Morgan fingerprint density at radius 2 is 1.67 bits per heavy atom. The molecule has 2 aromatic rings. The number of hydrogen-bond acceptors (Lipinski definition) is 4. The van der Waals surface area contributed by atoms with Crippen molar-refractivity contribution >= 4 is 28.9 Å². The molecule has 0 unspecified atom stereocenters. The SMILES string of the molecule is Cc1ccc(C)c(NC(=O)CN(CCC(=O)Nc2ccc(N(C)C)cc2)C2CC2)c1. The third-order valence-corrected chi connectivity index (χ3v) is 5.37. The van der Waals surface area contributed by atoms with Gasteiger partial charge in [-0.15, -0.1) is 0 Å². The first kappa shape index (κ1) is 21.8. The molecule has 0 aliphatic heterocycles. The molecule has 160 valence electrons. The molecular weight excluding hydrogens is 376 g/mol. The molecule has 2 amide bonds. The van der Waals surface area contributed by atoms with E-state index in [0.717, 1.165) is 41.0 Å². The van der Waals surface area contributed by atoms with Crippen LogP contribution in [0.5, 0.6) is 0 Å². The van der Waals surface area contributed by atoms with E-state index < -0.39 is 0 Å². The lowest BCUT2D eigenvalue weighted by atomic mass is 10.1. The molecule has 1 saturated carbocycles. The molecule has 2 N–H and O–H groups in total. The highest BCUT2D eigenvalue weighted by atomic mass is 16.2. The number of nitrogens with one attached hydrogen (secondary N) is 2. The maximum atomic E-state index is 12.6. The molecule has 0 atom stereocenters. The van der Waals surface area contributed by atoms with Gasteiger partial charge in [0.2, 0.25) is 11.8 Å². The highest BCUT2D eigenvalue weighted by Crippen LogP contribution is 2.27. The summed E-state index contributed by atoms with van der Waals surface area (Å²) in [6.07, 6.45) is 2.54. The molecule has 0 saturated heterocycles. The van der Waals surface area contributed by atoms with Gasteiger partial charge in [0.25, 0.3) is 0 Å². The Morgan fingerprint density at radius 1 is 0.967 bits per heavy atom. The first-order valence-corrected chi connectivity index (χ1v) is 10.5. The fraction of sp³-hybridized carbons (Fsp3) is 0.417. The van der Waals surface area contributed by atoms with Crippen LogP contribution in [0.4, 0.5) is 17.1 Å². The van der Waals surface area contributed by atoms with Gasteiger partial charge in [-0.05, 0) is 68.1 Å². The summed E-state index contributed by atoms with van der Waals surface area (Å²) in [7, 11) is 3.97. The molecule has 1 aliphatic rings. The minimum absolute atomic E-state index is 0.0321. The molecule has 2 aromatic carbocycles. The van der Waals surface area contributed by atoms with Crippen molar-refractivity contribution in [3.63, 3.8) is 0 Å². The van der Waals surface area contributed by atoms with E-state index in [2.05, 4.69) is 15.5 Å². The minimum atomic E-state index is -0.0341. The van der Waals surface area contributed by atoms with E-state index >= 15 is 0 Å². The number of carbonyl (C=O) groups is 2. The summed E-state index contributed by atoms with van der Waals surface area (Å²) in [5.74, 6) is -0.0662. The number of carbonyl (C=O) groups excluding carboxylic acids is 2. The van der Waals surface area contributed by atoms with Crippen LogP contribution in [0.3, 0.4) is 0 Å². The van der Waals surface area contributed by atoms with Crippen molar-refractivity contribution in [2.45, 2.75) is 39.2 Å². The average molecular weight is 409 g/mol. The quantitative estimate of drug-likeness (QED) is 0.662. The van der Waals surface area contributed by atoms with Crippen LogP contribution < -0.4 is 15.5 Å². The van der Waals surface area contributed by atoms with E-state index in [1.807, 2.05) is 75.3 Å². The first-order chi connectivity index (χ1) is 14.3. The zero-order valence-corrected chi connectivity index (χ0v) is 18.4. The molecule has 1 fully saturated rings.